The highest BCUT2D eigenvalue weighted by molar-refractivity contribution is 5.58. The molecule has 0 amide bonds. The standard InChI is InChI=1S/C19H32N2/c1-5-15(3)12-19(6-2,14-20)21-13-16(4)11-17-9-7-8-10-18(17)21/h7-10,15-16H,5-6,11-14,20H2,1-4H3. The molecule has 1 aliphatic heterocycles. The Balaban J connectivity index is 2.40. The fourth-order valence-electron chi connectivity index (χ4n) is 3.82. The molecule has 0 saturated carbocycles. The lowest BCUT2D eigenvalue weighted by molar-refractivity contribution is 0.280. The van der Waals surface area contributed by atoms with Crippen LogP contribution in [0.25, 0.3) is 0 Å². The third-order valence-electron chi connectivity index (χ3n) is 5.38. The van der Waals surface area contributed by atoms with Crippen LogP contribution < -0.4 is 10.6 Å². The summed E-state index contributed by atoms with van der Waals surface area (Å²) in [6.07, 6.45) is 4.74. The summed E-state index contributed by atoms with van der Waals surface area (Å²) >= 11 is 0. The Bertz CT molecular complexity index is 451. The normalized spacial score (nSPS) is 22.5. The van der Waals surface area contributed by atoms with Gasteiger partial charge in [-0.2, -0.15) is 0 Å². The van der Waals surface area contributed by atoms with Crippen molar-refractivity contribution in [3.63, 3.8) is 0 Å². The average Bonchev–Trinajstić information content (AvgIpc) is 2.51. The second-order valence-corrected chi connectivity index (χ2v) is 7.05. The molecule has 2 rings (SSSR count). The lowest BCUT2D eigenvalue weighted by Gasteiger charge is -2.50. The monoisotopic (exact) mass is 288 g/mol. The number of para-hydroxylation sites is 1. The largest absolute Gasteiger partial charge is 0.364 e. The smallest absolute Gasteiger partial charge is 0.0524 e. The summed E-state index contributed by atoms with van der Waals surface area (Å²) < 4.78 is 0. The van der Waals surface area contributed by atoms with Crippen LogP contribution >= 0.6 is 0 Å². The van der Waals surface area contributed by atoms with E-state index >= 15 is 0 Å². The van der Waals surface area contributed by atoms with E-state index in [1.54, 1.807) is 0 Å². The van der Waals surface area contributed by atoms with E-state index in [0.29, 0.717) is 5.92 Å². The van der Waals surface area contributed by atoms with Crippen molar-refractivity contribution in [2.45, 2.75) is 58.9 Å². The molecule has 0 saturated heterocycles. The molecule has 3 atom stereocenters. The minimum atomic E-state index is 0.111. The van der Waals surface area contributed by atoms with Crippen molar-refractivity contribution in [2.24, 2.45) is 17.6 Å². The van der Waals surface area contributed by atoms with Crippen molar-refractivity contribution in [3.8, 4) is 0 Å². The fourth-order valence-corrected chi connectivity index (χ4v) is 3.82. The number of benzene rings is 1. The molecule has 21 heavy (non-hydrogen) atoms. The van der Waals surface area contributed by atoms with E-state index in [1.807, 2.05) is 0 Å². The molecule has 1 aromatic rings. The lowest BCUT2D eigenvalue weighted by atomic mass is 9.80. The van der Waals surface area contributed by atoms with Crippen LogP contribution in [-0.4, -0.2) is 18.6 Å². The zero-order chi connectivity index (χ0) is 15.5. The Hall–Kier alpha value is -1.02. The number of nitrogens with two attached hydrogens (primary N) is 1. The minimum Gasteiger partial charge on any atom is -0.364 e. The summed E-state index contributed by atoms with van der Waals surface area (Å²) in [4.78, 5) is 2.64. The topological polar surface area (TPSA) is 29.3 Å². The summed E-state index contributed by atoms with van der Waals surface area (Å²) in [6.45, 7) is 11.2. The Kier molecular flexibility index (Phi) is 5.32. The van der Waals surface area contributed by atoms with Gasteiger partial charge in [0.2, 0.25) is 0 Å². The van der Waals surface area contributed by atoms with Crippen molar-refractivity contribution < 1.29 is 0 Å². The van der Waals surface area contributed by atoms with Crippen LogP contribution in [0.2, 0.25) is 0 Å². The predicted octanol–water partition coefficient (Wildman–Crippen LogP) is 4.23. The molecule has 0 aromatic heterocycles. The predicted molar refractivity (Wildman–Crippen MR) is 92.8 cm³/mol. The van der Waals surface area contributed by atoms with Gasteiger partial charge in [0.25, 0.3) is 0 Å². The quantitative estimate of drug-likeness (QED) is 0.849. The summed E-state index contributed by atoms with van der Waals surface area (Å²) in [6, 6.07) is 8.91. The van der Waals surface area contributed by atoms with E-state index in [-0.39, 0.29) is 5.54 Å². The van der Waals surface area contributed by atoms with Crippen molar-refractivity contribution in [3.05, 3.63) is 29.8 Å². The van der Waals surface area contributed by atoms with Crippen LogP contribution in [0.3, 0.4) is 0 Å². The summed E-state index contributed by atoms with van der Waals surface area (Å²) in [5.41, 5.74) is 9.34. The van der Waals surface area contributed by atoms with Gasteiger partial charge in [0.05, 0.1) is 5.54 Å². The van der Waals surface area contributed by atoms with E-state index in [4.69, 9.17) is 5.73 Å². The van der Waals surface area contributed by atoms with Crippen LogP contribution in [0.1, 0.15) is 52.5 Å². The zero-order valence-electron chi connectivity index (χ0n) is 14.2. The first-order valence-corrected chi connectivity index (χ1v) is 8.62. The lowest BCUT2D eigenvalue weighted by Crippen LogP contribution is -2.57. The molecule has 1 heterocycles. The first-order chi connectivity index (χ1) is 10.1. The van der Waals surface area contributed by atoms with Crippen molar-refractivity contribution in [1.29, 1.82) is 0 Å². The molecule has 2 nitrogen and oxygen atoms in total. The Morgan fingerprint density at radius 1 is 1.33 bits per heavy atom. The number of hydrogen-bond donors (Lipinski definition) is 1. The van der Waals surface area contributed by atoms with Gasteiger partial charge in [-0.05, 0) is 42.7 Å². The second kappa shape index (κ2) is 6.83. The SMILES string of the molecule is CCC(C)CC(CC)(CN)N1CC(C)Cc2ccccc21. The van der Waals surface area contributed by atoms with Gasteiger partial charge in [0.15, 0.2) is 0 Å². The van der Waals surface area contributed by atoms with Crippen LogP contribution in [0.5, 0.6) is 0 Å². The van der Waals surface area contributed by atoms with Crippen LogP contribution in [0.15, 0.2) is 24.3 Å². The van der Waals surface area contributed by atoms with Crippen molar-refractivity contribution >= 4 is 5.69 Å². The maximum absolute atomic E-state index is 6.31. The van der Waals surface area contributed by atoms with Gasteiger partial charge in [-0.25, -0.2) is 0 Å². The number of nitrogens with zero attached hydrogens (tertiary/aromatic N) is 1. The Morgan fingerprint density at radius 3 is 2.67 bits per heavy atom. The molecular weight excluding hydrogens is 256 g/mol. The van der Waals surface area contributed by atoms with Gasteiger partial charge in [-0.3, -0.25) is 0 Å². The van der Waals surface area contributed by atoms with Crippen LogP contribution in [-0.2, 0) is 6.42 Å². The first kappa shape index (κ1) is 16.4. The summed E-state index contributed by atoms with van der Waals surface area (Å²) in [7, 11) is 0. The Labute approximate surface area is 130 Å². The van der Waals surface area contributed by atoms with Gasteiger partial charge >= 0.3 is 0 Å². The first-order valence-electron chi connectivity index (χ1n) is 8.62. The molecule has 118 valence electrons. The average molecular weight is 288 g/mol. The molecule has 0 spiro atoms. The Morgan fingerprint density at radius 2 is 2.05 bits per heavy atom. The molecule has 1 aromatic carbocycles. The number of hydrogen-bond acceptors (Lipinski definition) is 2. The zero-order valence-corrected chi connectivity index (χ0v) is 14.2. The van der Waals surface area contributed by atoms with Crippen molar-refractivity contribution in [1.82, 2.24) is 0 Å². The molecule has 0 bridgehead atoms. The van der Waals surface area contributed by atoms with Gasteiger partial charge in [0.1, 0.15) is 0 Å². The molecule has 2 N–H and O–H groups in total. The molecule has 1 aliphatic rings. The highest BCUT2D eigenvalue weighted by Crippen LogP contribution is 2.38. The van der Waals surface area contributed by atoms with E-state index < -0.39 is 0 Å². The van der Waals surface area contributed by atoms with Crippen LogP contribution in [0, 0.1) is 11.8 Å². The van der Waals surface area contributed by atoms with Crippen LogP contribution in [0.4, 0.5) is 5.69 Å². The third-order valence-corrected chi connectivity index (χ3v) is 5.38. The molecule has 0 radical (unpaired) electrons. The van der Waals surface area contributed by atoms with Gasteiger partial charge < -0.3 is 10.6 Å². The number of anilines is 1. The molecule has 0 fully saturated rings. The van der Waals surface area contributed by atoms with Gasteiger partial charge in [0, 0.05) is 18.8 Å². The third kappa shape index (κ3) is 3.26. The van der Waals surface area contributed by atoms with E-state index in [9.17, 15) is 0 Å². The minimum absolute atomic E-state index is 0.111. The number of rotatable bonds is 6. The summed E-state index contributed by atoms with van der Waals surface area (Å²) in [5.74, 6) is 1.42. The van der Waals surface area contributed by atoms with E-state index in [1.165, 1.54) is 30.5 Å². The fraction of sp³-hybridized carbons (Fsp3) is 0.684. The van der Waals surface area contributed by atoms with Gasteiger partial charge in [-0.15, -0.1) is 0 Å². The second-order valence-electron chi connectivity index (χ2n) is 7.05. The number of fused-ring (bicyclic) bond motifs is 1. The molecule has 0 aliphatic carbocycles. The maximum atomic E-state index is 6.31. The highest BCUT2D eigenvalue weighted by atomic mass is 15.2. The van der Waals surface area contributed by atoms with Crippen molar-refractivity contribution in [2.75, 3.05) is 18.0 Å². The molecule has 3 unspecified atom stereocenters. The summed E-state index contributed by atoms with van der Waals surface area (Å²) in [5, 5.41) is 0. The van der Waals surface area contributed by atoms with E-state index in [0.717, 1.165) is 25.4 Å². The molecule has 2 heteroatoms. The molecular formula is C19H32N2. The maximum Gasteiger partial charge on any atom is 0.0524 e. The highest BCUT2D eigenvalue weighted by Gasteiger charge is 2.38. The van der Waals surface area contributed by atoms with Gasteiger partial charge in [-0.1, -0.05) is 52.3 Å². The van der Waals surface area contributed by atoms with E-state index in [2.05, 4.69) is 56.9 Å².